The summed E-state index contributed by atoms with van der Waals surface area (Å²) in [5, 5.41) is 0. The van der Waals surface area contributed by atoms with Crippen LogP contribution in [0.2, 0.25) is 0 Å². The number of esters is 2. The van der Waals surface area contributed by atoms with Gasteiger partial charge in [0.05, 0.1) is 17.7 Å². The molecule has 0 radical (unpaired) electrons. The number of rotatable bonds is 8. The Labute approximate surface area is 138 Å². The van der Waals surface area contributed by atoms with E-state index in [-0.39, 0.29) is 24.0 Å². The Bertz CT molecular complexity index is 522. The van der Waals surface area contributed by atoms with Gasteiger partial charge in [-0.3, -0.25) is 0 Å². The summed E-state index contributed by atoms with van der Waals surface area (Å²) >= 11 is 0. The third-order valence-corrected chi connectivity index (χ3v) is 3.97. The van der Waals surface area contributed by atoms with E-state index in [0.717, 1.165) is 12.8 Å². The smallest absolute Gasteiger partial charge is 0.338 e. The van der Waals surface area contributed by atoms with Crippen molar-refractivity contribution in [3.05, 3.63) is 35.4 Å². The van der Waals surface area contributed by atoms with Gasteiger partial charge in [0, 0.05) is 6.54 Å². The molecular weight excluding hydrogens is 294 g/mol. The summed E-state index contributed by atoms with van der Waals surface area (Å²) in [6, 6.07) is 6.24. The Morgan fingerprint density at radius 1 is 1.13 bits per heavy atom. The highest BCUT2D eigenvalue weighted by atomic mass is 16.5. The molecule has 23 heavy (non-hydrogen) atoms. The average molecular weight is 321 g/mol. The fourth-order valence-electron chi connectivity index (χ4n) is 1.72. The number of nitrogens with two attached hydrogens (primary N) is 1. The van der Waals surface area contributed by atoms with Crippen molar-refractivity contribution in [1.82, 2.24) is 0 Å². The molecule has 2 N–H and O–H groups in total. The van der Waals surface area contributed by atoms with Gasteiger partial charge in [0.1, 0.15) is 6.10 Å². The van der Waals surface area contributed by atoms with E-state index < -0.39 is 5.97 Å². The first kappa shape index (κ1) is 19.2. The van der Waals surface area contributed by atoms with Crippen molar-refractivity contribution in [3.63, 3.8) is 0 Å². The van der Waals surface area contributed by atoms with Crippen molar-refractivity contribution in [3.8, 4) is 0 Å². The van der Waals surface area contributed by atoms with Crippen LogP contribution in [0, 0.1) is 5.41 Å². The summed E-state index contributed by atoms with van der Waals surface area (Å²) < 4.78 is 10.4. The van der Waals surface area contributed by atoms with E-state index >= 15 is 0 Å². The molecule has 0 fully saturated rings. The van der Waals surface area contributed by atoms with Crippen LogP contribution in [0.3, 0.4) is 0 Å². The second-order valence-electron chi connectivity index (χ2n) is 6.43. The van der Waals surface area contributed by atoms with Crippen LogP contribution in [0.4, 0.5) is 0 Å². The van der Waals surface area contributed by atoms with Gasteiger partial charge in [-0.25, -0.2) is 9.59 Å². The largest absolute Gasteiger partial charge is 0.462 e. The lowest BCUT2D eigenvalue weighted by Crippen LogP contribution is -2.23. The molecule has 0 spiro atoms. The molecule has 0 aromatic heterocycles. The van der Waals surface area contributed by atoms with E-state index in [1.54, 1.807) is 31.2 Å². The normalized spacial score (nSPS) is 12.6. The van der Waals surface area contributed by atoms with Gasteiger partial charge in [-0.15, -0.1) is 0 Å². The van der Waals surface area contributed by atoms with Crippen molar-refractivity contribution in [2.24, 2.45) is 11.1 Å². The second kappa shape index (κ2) is 8.67. The molecule has 0 bridgehead atoms. The molecule has 5 nitrogen and oxygen atoms in total. The van der Waals surface area contributed by atoms with Crippen molar-refractivity contribution < 1.29 is 19.1 Å². The Morgan fingerprint density at radius 3 is 2.13 bits per heavy atom. The number of benzene rings is 1. The van der Waals surface area contributed by atoms with Gasteiger partial charge in [-0.05, 0) is 43.0 Å². The van der Waals surface area contributed by atoms with E-state index in [1.165, 1.54) is 0 Å². The molecule has 0 aliphatic carbocycles. The second-order valence-corrected chi connectivity index (χ2v) is 6.43. The average Bonchev–Trinajstić information content (AvgIpc) is 2.54. The molecule has 1 aromatic rings. The Kier molecular flexibility index (Phi) is 7.23. The minimum atomic E-state index is -0.451. The molecule has 0 saturated heterocycles. The van der Waals surface area contributed by atoms with E-state index in [1.807, 2.05) is 0 Å². The third-order valence-electron chi connectivity index (χ3n) is 3.97. The molecule has 0 heterocycles. The molecule has 1 atom stereocenters. The van der Waals surface area contributed by atoms with Crippen LogP contribution in [0.5, 0.6) is 0 Å². The summed E-state index contributed by atoms with van der Waals surface area (Å²) in [5.41, 5.74) is 6.37. The molecule has 1 rings (SSSR count). The predicted octanol–water partition coefficient (Wildman–Crippen LogP) is 3.17. The summed E-state index contributed by atoms with van der Waals surface area (Å²) in [4.78, 5) is 23.8. The summed E-state index contributed by atoms with van der Waals surface area (Å²) in [7, 11) is 0. The lowest BCUT2D eigenvalue weighted by molar-refractivity contribution is 0.0356. The highest BCUT2D eigenvalue weighted by Gasteiger charge is 2.17. The summed E-state index contributed by atoms with van der Waals surface area (Å²) in [6.07, 6.45) is 1.51. The topological polar surface area (TPSA) is 78.6 Å². The summed E-state index contributed by atoms with van der Waals surface area (Å²) in [5.74, 6) is -0.834. The van der Waals surface area contributed by atoms with Crippen LogP contribution in [-0.2, 0) is 9.47 Å². The molecule has 0 aliphatic rings. The lowest BCUT2D eigenvalue weighted by Gasteiger charge is -2.21. The van der Waals surface area contributed by atoms with Crippen LogP contribution in [0.15, 0.2) is 24.3 Å². The maximum Gasteiger partial charge on any atom is 0.338 e. The molecule has 1 unspecified atom stereocenters. The Morgan fingerprint density at radius 2 is 1.65 bits per heavy atom. The molecule has 0 saturated carbocycles. The minimum absolute atomic E-state index is 0.160. The van der Waals surface area contributed by atoms with Crippen LogP contribution in [0.25, 0.3) is 0 Å². The maximum absolute atomic E-state index is 12.0. The van der Waals surface area contributed by atoms with Crippen LogP contribution in [0.1, 0.15) is 61.3 Å². The Hall–Kier alpha value is -1.88. The zero-order valence-electron chi connectivity index (χ0n) is 14.4. The van der Waals surface area contributed by atoms with E-state index in [2.05, 4.69) is 20.8 Å². The van der Waals surface area contributed by atoms with E-state index in [4.69, 9.17) is 15.2 Å². The highest BCUT2D eigenvalue weighted by molar-refractivity contribution is 5.93. The SMILES string of the molecule is CCC(C)(C)CCOC(=O)c1ccc(C(=O)OC(C)CN)cc1. The first-order chi connectivity index (χ1) is 10.8. The number of ether oxygens (including phenoxy) is 2. The molecule has 1 aromatic carbocycles. The number of carbonyl (C=O) groups is 2. The Balaban J connectivity index is 2.55. The molecule has 128 valence electrons. The van der Waals surface area contributed by atoms with Gasteiger partial charge in [0.2, 0.25) is 0 Å². The van der Waals surface area contributed by atoms with Crippen molar-refractivity contribution in [1.29, 1.82) is 0 Å². The monoisotopic (exact) mass is 321 g/mol. The van der Waals surface area contributed by atoms with Gasteiger partial charge in [0.15, 0.2) is 0 Å². The first-order valence-electron chi connectivity index (χ1n) is 7.97. The van der Waals surface area contributed by atoms with E-state index in [9.17, 15) is 9.59 Å². The number of carbonyl (C=O) groups excluding carboxylic acids is 2. The first-order valence-corrected chi connectivity index (χ1v) is 7.97. The molecule has 5 heteroatoms. The van der Waals surface area contributed by atoms with Gasteiger partial charge >= 0.3 is 11.9 Å². The minimum Gasteiger partial charge on any atom is -0.462 e. The van der Waals surface area contributed by atoms with Gasteiger partial charge in [-0.1, -0.05) is 27.2 Å². The zero-order chi connectivity index (χ0) is 17.5. The van der Waals surface area contributed by atoms with Gasteiger partial charge < -0.3 is 15.2 Å². The number of hydrogen-bond acceptors (Lipinski definition) is 5. The number of hydrogen-bond donors (Lipinski definition) is 1. The van der Waals surface area contributed by atoms with Crippen molar-refractivity contribution in [2.75, 3.05) is 13.2 Å². The van der Waals surface area contributed by atoms with Crippen LogP contribution >= 0.6 is 0 Å². The van der Waals surface area contributed by atoms with E-state index in [0.29, 0.717) is 17.7 Å². The van der Waals surface area contributed by atoms with Crippen molar-refractivity contribution in [2.45, 2.75) is 46.6 Å². The van der Waals surface area contributed by atoms with Gasteiger partial charge in [0.25, 0.3) is 0 Å². The third kappa shape index (κ3) is 6.40. The quantitative estimate of drug-likeness (QED) is 0.744. The lowest BCUT2D eigenvalue weighted by atomic mass is 9.87. The van der Waals surface area contributed by atoms with Crippen LogP contribution in [-0.4, -0.2) is 31.2 Å². The molecule has 0 amide bonds. The van der Waals surface area contributed by atoms with Crippen molar-refractivity contribution >= 4 is 11.9 Å². The summed E-state index contributed by atoms with van der Waals surface area (Å²) in [6.45, 7) is 8.78. The highest BCUT2D eigenvalue weighted by Crippen LogP contribution is 2.24. The zero-order valence-corrected chi connectivity index (χ0v) is 14.4. The molecule has 0 aliphatic heterocycles. The molecular formula is C18H27NO4. The predicted molar refractivity (Wildman–Crippen MR) is 89.3 cm³/mol. The standard InChI is InChI=1S/C18H27NO4/c1-5-18(3,4)10-11-22-16(20)14-6-8-15(9-7-14)17(21)23-13(2)12-19/h6-9,13H,5,10-12,19H2,1-4H3. The van der Waals surface area contributed by atoms with Crippen LogP contribution < -0.4 is 5.73 Å². The maximum atomic E-state index is 12.0. The fourth-order valence-corrected chi connectivity index (χ4v) is 1.72. The van der Waals surface area contributed by atoms with Gasteiger partial charge in [-0.2, -0.15) is 0 Å². The fraction of sp³-hybridized carbons (Fsp3) is 0.556.